The molecule has 0 bridgehead atoms. The molecule has 1 atom stereocenters. The maximum atomic E-state index is 9.56. The second-order valence-corrected chi connectivity index (χ2v) is 6.27. The van der Waals surface area contributed by atoms with Crippen LogP contribution in [0.1, 0.15) is 31.2 Å². The van der Waals surface area contributed by atoms with Gasteiger partial charge in [-0.1, -0.05) is 24.6 Å². The smallest absolute Gasteiger partial charge is 0.116 e. The molecule has 0 saturated carbocycles. The summed E-state index contributed by atoms with van der Waals surface area (Å²) in [7, 11) is 1.78. The summed E-state index contributed by atoms with van der Waals surface area (Å²) in [5.74, 6) is 0.330. The molecule has 1 aliphatic rings. The van der Waals surface area contributed by atoms with E-state index in [0.29, 0.717) is 11.8 Å². The van der Waals surface area contributed by atoms with Crippen LogP contribution in [-0.2, 0) is 11.3 Å². The van der Waals surface area contributed by atoms with Gasteiger partial charge in [-0.05, 0) is 60.3 Å². The molecule has 3 heteroatoms. The molecule has 0 radical (unpaired) electrons. The number of piperidine rings is 1. The van der Waals surface area contributed by atoms with Gasteiger partial charge in [0.1, 0.15) is 5.75 Å². The molecule has 0 aliphatic carbocycles. The fourth-order valence-electron chi connectivity index (χ4n) is 3.46. The number of ether oxygens (including phenoxy) is 1. The van der Waals surface area contributed by atoms with Crippen molar-refractivity contribution in [2.75, 3.05) is 20.3 Å². The summed E-state index contributed by atoms with van der Waals surface area (Å²) >= 11 is 0. The molecule has 2 aromatic carbocycles. The minimum atomic E-state index is 0.330. The molecule has 3 nitrogen and oxygen atoms in total. The number of rotatable bonds is 5. The van der Waals surface area contributed by atoms with Crippen LogP contribution in [0, 0.1) is 0 Å². The van der Waals surface area contributed by atoms with Crippen molar-refractivity contribution < 1.29 is 9.84 Å². The first-order chi connectivity index (χ1) is 10.8. The van der Waals surface area contributed by atoms with Crippen molar-refractivity contribution in [2.45, 2.75) is 38.3 Å². The highest BCUT2D eigenvalue weighted by atomic mass is 16.5. The second-order valence-electron chi connectivity index (χ2n) is 6.27. The van der Waals surface area contributed by atoms with Crippen molar-refractivity contribution in [1.29, 1.82) is 0 Å². The second kappa shape index (κ2) is 7.12. The predicted molar refractivity (Wildman–Crippen MR) is 90.2 cm³/mol. The molecule has 118 valence electrons. The van der Waals surface area contributed by atoms with Gasteiger partial charge in [0.05, 0.1) is 0 Å². The fraction of sp³-hybridized carbons (Fsp3) is 0.474. The summed E-state index contributed by atoms with van der Waals surface area (Å²) in [6.45, 7) is 3.03. The number of likely N-dealkylation sites (tertiary alicyclic amines) is 1. The van der Waals surface area contributed by atoms with Crippen molar-refractivity contribution in [1.82, 2.24) is 4.90 Å². The van der Waals surface area contributed by atoms with E-state index in [1.807, 2.05) is 12.1 Å². The molecule has 2 aromatic rings. The normalized spacial score (nSPS) is 19.6. The van der Waals surface area contributed by atoms with Crippen LogP contribution in [0.15, 0.2) is 36.4 Å². The van der Waals surface area contributed by atoms with E-state index < -0.39 is 0 Å². The first-order valence-corrected chi connectivity index (χ1v) is 8.21. The SMILES string of the molecule is COCC[C@@H]1CCCCN1Cc1ccc2cc(O)ccc2c1. The Bertz CT molecular complexity index is 626. The molecule has 1 N–H and O–H groups in total. The lowest BCUT2D eigenvalue weighted by molar-refractivity contribution is 0.0974. The minimum Gasteiger partial charge on any atom is -0.508 e. The van der Waals surface area contributed by atoms with Gasteiger partial charge in [0, 0.05) is 26.3 Å². The Morgan fingerprint density at radius 1 is 1.14 bits per heavy atom. The Balaban J connectivity index is 1.74. The highest BCUT2D eigenvalue weighted by Crippen LogP contribution is 2.25. The van der Waals surface area contributed by atoms with Gasteiger partial charge in [-0.25, -0.2) is 0 Å². The number of fused-ring (bicyclic) bond motifs is 1. The van der Waals surface area contributed by atoms with Gasteiger partial charge in [-0.15, -0.1) is 0 Å². The lowest BCUT2D eigenvalue weighted by atomic mass is 9.98. The summed E-state index contributed by atoms with van der Waals surface area (Å²) in [4.78, 5) is 2.60. The molecule has 0 aromatic heterocycles. The highest BCUT2D eigenvalue weighted by molar-refractivity contribution is 5.84. The van der Waals surface area contributed by atoms with Crippen molar-refractivity contribution in [3.63, 3.8) is 0 Å². The van der Waals surface area contributed by atoms with Gasteiger partial charge in [0.2, 0.25) is 0 Å². The number of phenolic OH excluding ortho intramolecular Hbond substituents is 1. The van der Waals surface area contributed by atoms with E-state index >= 15 is 0 Å². The molecule has 0 unspecified atom stereocenters. The molecule has 1 heterocycles. The van der Waals surface area contributed by atoms with Gasteiger partial charge >= 0.3 is 0 Å². The van der Waals surface area contributed by atoms with Crippen LogP contribution in [0.4, 0.5) is 0 Å². The zero-order chi connectivity index (χ0) is 15.4. The Kier molecular flexibility index (Phi) is 4.96. The van der Waals surface area contributed by atoms with E-state index in [2.05, 4.69) is 23.1 Å². The van der Waals surface area contributed by atoms with E-state index in [4.69, 9.17) is 4.74 Å². The number of methoxy groups -OCH3 is 1. The zero-order valence-corrected chi connectivity index (χ0v) is 13.3. The summed E-state index contributed by atoms with van der Waals surface area (Å²) in [5.41, 5.74) is 1.35. The number of hydrogen-bond donors (Lipinski definition) is 1. The van der Waals surface area contributed by atoms with E-state index in [9.17, 15) is 5.11 Å². The highest BCUT2D eigenvalue weighted by Gasteiger charge is 2.22. The summed E-state index contributed by atoms with van der Waals surface area (Å²) in [6.07, 6.45) is 5.04. The van der Waals surface area contributed by atoms with Crippen LogP contribution in [-0.4, -0.2) is 36.3 Å². The number of aromatic hydroxyl groups is 1. The third kappa shape index (κ3) is 3.60. The first kappa shape index (κ1) is 15.3. The predicted octanol–water partition coefficient (Wildman–Crippen LogP) is 3.94. The molecule has 1 aliphatic heterocycles. The Morgan fingerprint density at radius 2 is 1.95 bits per heavy atom. The largest absolute Gasteiger partial charge is 0.508 e. The van der Waals surface area contributed by atoms with Crippen molar-refractivity contribution in [3.8, 4) is 5.75 Å². The number of benzene rings is 2. The summed E-state index contributed by atoms with van der Waals surface area (Å²) in [6, 6.07) is 12.8. The minimum absolute atomic E-state index is 0.330. The average Bonchev–Trinajstić information content (AvgIpc) is 2.54. The number of nitrogens with zero attached hydrogens (tertiary/aromatic N) is 1. The Labute approximate surface area is 132 Å². The van der Waals surface area contributed by atoms with E-state index in [1.165, 1.54) is 36.8 Å². The van der Waals surface area contributed by atoms with Crippen LogP contribution in [0.2, 0.25) is 0 Å². The number of hydrogen-bond acceptors (Lipinski definition) is 3. The molecular weight excluding hydrogens is 274 g/mol. The Hall–Kier alpha value is -1.58. The van der Waals surface area contributed by atoms with Crippen molar-refractivity contribution in [2.24, 2.45) is 0 Å². The first-order valence-electron chi connectivity index (χ1n) is 8.21. The average molecular weight is 299 g/mol. The maximum Gasteiger partial charge on any atom is 0.116 e. The van der Waals surface area contributed by atoms with Crippen LogP contribution in [0.25, 0.3) is 10.8 Å². The Morgan fingerprint density at radius 3 is 2.82 bits per heavy atom. The topological polar surface area (TPSA) is 32.7 Å². The molecule has 0 spiro atoms. The van der Waals surface area contributed by atoms with Gasteiger partial charge in [-0.3, -0.25) is 4.90 Å². The van der Waals surface area contributed by atoms with Gasteiger partial charge in [0.15, 0.2) is 0 Å². The van der Waals surface area contributed by atoms with Crippen LogP contribution in [0.5, 0.6) is 5.75 Å². The molecule has 22 heavy (non-hydrogen) atoms. The van der Waals surface area contributed by atoms with Crippen LogP contribution in [0.3, 0.4) is 0 Å². The van der Waals surface area contributed by atoms with Crippen LogP contribution < -0.4 is 0 Å². The lowest BCUT2D eigenvalue weighted by Crippen LogP contribution is -2.39. The fourth-order valence-corrected chi connectivity index (χ4v) is 3.46. The third-order valence-electron chi connectivity index (χ3n) is 4.68. The summed E-state index contributed by atoms with van der Waals surface area (Å²) < 4.78 is 5.26. The van der Waals surface area contributed by atoms with Crippen molar-refractivity contribution in [3.05, 3.63) is 42.0 Å². The van der Waals surface area contributed by atoms with E-state index in [1.54, 1.807) is 13.2 Å². The van der Waals surface area contributed by atoms with Gasteiger partial charge < -0.3 is 9.84 Å². The zero-order valence-electron chi connectivity index (χ0n) is 13.3. The van der Waals surface area contributed by atoms with Gasteiger partial charge in [-0.2, -0.15) is 0 Å². The van der Waals surface area contributed by atoms with E-state index in [0.717, 1.165) is 25.0 Å². The summed E-state index contributed by atoms with van der Waals surface area (Å²) in [5, 5.41) is 11.8. The quantitative estimate of drug-likeness (QED) is 0.908. The maximum absolute atomic E-state index is 9.56. The molecule has 1 fully saturated rings. The van der Waals surface area contributed by atoms with E-state index in [-0.39, 0.29) is 0 Å². The standard InChI is InChI=1S/C19H25NO2/c1-22-11-9-18-4-2-3-10-20(18)14-15-5-6-17-13-19(21)8-7-16(17)12-15/h5-8,12-13,18,21H,2-4,9-11,14H2,1H3/t18-/m0/s1. The molecular formula is C19H25NO2. The molecule has 1 saturated heterocycles. The number of phenols is 1. The third-order valence-corrected chi connectivity index (χ3v) is 4.68. The van der Waals surface area contributed by atoms with Crippen molar-refractivity contribution >= 4 is 10.8 Å². The monoisotopic (exact) mass is 299 g/mol. The molecule has 0 amide bonds. The lowest BCUT2D eigenvalue weighted by Gasteiger charge is -2.35. The molecule has 3 rings (SSSR count). The van der Waals surface area contributed by atoms with Crippen LogP contribution >= 0.6 is 0 Å². The van der Waals surface area contributed by atoms with Gasteiger partial charge in [0.25, 0.3) is 0 Å².